The van der Waals surface area contributed by atoms with E-state index in [1.165, 1.54) is 28.9 Å². The molecular weight excluding hydrogens is 474 g/mol. The topological polar surface area (TPSA) is 79.0 Å². The van der Waals surface area contributed by atoms with Crippen LogP contribution in [0.1, 0.15) is 29.7 Å². The Kier molecular flexibility index (Phi) is 7.96. The Morgan fingerprint density at radius 2 is 1.58 bits per heavy atom. The molecule has 1 N–H and O–H groups in total. The predicted octanol–water partition coefficient (Wildman–Crippen LogP) is 4.07. The van der Waals surface area contributed by atoms with Crippen molar-refractivity contribution in [1.82, 2.24) is 9.62 Å². The number of nitrogens with one attached hydrogen (secondary N) is 1. The summed E-state index contributed by atoms with van der Waals surface area (Å²) in [6, 6.07) is 21.5. The van der Waals surface area contributed by atoms with E-state index in [0.29, 0.717) is 18.8 Å². The Morgan fingerprint density at radius 3 is 2.25 bits per heavy atom. The standard InChI is InChI=1S/C28H33N3O4S/c1-21-8-7-11-27(22(21)2)30-16-18-31(19-17-30)28(32)20-35-25-12-14-26(15-13-25)36(33,34)29-23(3)24-9-5-4-6-10-24/h4-15,23,29H,16-20H2,1-3H3/t23-/m1/s1. The summed E-state index contributed by atoms with van der Waals surface area (Å²) in [4.78, 5) is 17.0. The summed E-state index contributed by atoms with van der Waals surface area (Å²) < 4.78 is 33.9. The van der Waals surface area contributed by atoms with Crippen molar-refractivity contribution >= 4 is 21.6 Å². The van der Waals surface area contributed by atoms with E-state index in [0.717, 1.165) is 18.7 Å². The third-order valence-corrected chi connectivity index (χ3v) is 8.23. The van der Waals surface area contributed by atoms with Gasteiger partial charge in [0.05, 0.1) is 4.90 Å². The number of nitrogens with zero attached hydrogens (tertiary/aromatic N) is 2. The molecule has 0 saturated carbocycles. The van der Waals surface area contributed by atoms with Crippen molar-refractivity contribution < 1.29 is 17.9 Å². The van der Waals surface area contributed by atoms with Crippen LogP contribution in [0.2, 0.25) is 0 Å². The number of aryl methyl sites for hydroxylation is 1. The van der Waals surface area contributed by atoms with Crippen molar-refractivity contribution in [2.45, 2.75) is 31.7 Å². The highest BCUT2D eigenvalue weighted by Gasteiger charge is 2.23. The van der Waals surface area contributed by atoms with Crippen molar-refractivity contribution in [2.24, 2.45) is 0 Å². The van der Waals surface area contributed by atoms with Crippen LogP contribution in [0.15, 0.2) is 77.7 Å². The maximum Gasteiger partial charge on any atom is 0.260 e. The summed E-state index contributed by atoms with van der Waals surface area (Å²) in [5, 5.41) is 0. The van der Waals surface area contributed by atoms with Gasteiger partial charge in [-0.1, -0.05) is 42.5 Å². The molecule has 1 aliphatic rings. The lowest BCUT2D eigenvalue weighted by Gasteiger charge is -2.37. The zero-order valence-corrected chi connectivity index (χ0v) is 21.8. The zero-order valence-electron chi connectivity index (χ0n) is 21.0. The number of carbonyl (C=O) groups is 1. The van der Waals surface area contributed by atoms with Crippen molar-refractivity contribution in [3.63, 3.8) is 0 Å². The molecule has 0 aliphatic carbocycles. The Morgan fingerprint density at radius 1 is 0.917 bits per heavy atom. The molecule has 0 unspecified atom stereocenters. The molecule has 0 bridgehead atoms. The summed E-state index contributed by atoms with van der Waals surface area (Å²) in [6.07, 6.45) is 0. The molecule has 3 aromatic carbocycles. The van der Waals surface area contributed by atoms with Gasteiger partial charge in [0.15, 0.2) is 6.61 Å². The number of benzene rings is 3. The molecule has 7 nitrogen and oxygen atoms in total. The van der Waals surface area contributed by atoms with E-state index < -0.39 is 10.0 Å². The van der Waals surface area contributed by atoms with Crippen LogP contribution >= 0.6 is 0 Å². The summed E-state index contributed by atoms with van der Waals surface area (Å²) in [5.41, 5.74) is 4.64. The van der Waals surface area contributed by atoms with Gasteiger partial charge < -0.3 is 14.5 Å². The van der Waals surface area contributed by atoms with E-state index in [2.05, 4.69) is 41.7 Å². The molecule has 0 radical (unpaired) electrons. The summed E-state index contributed by atoms with van der Waals surface area (Å²) in [6.45, 7) is 8.78. The van der Waals surface area contributed by atoms with Gasteiger partial charge in [-0.2, -0.15) is 0 Å². The first-order valence-corrected chi connectivity index (χ1v) is 13.6. The molecule has 4 rings (SSSR count). The minimum absolute atomic E-state index is 0.0781. The van der Waals surface area contributed by atoms with Gasteiger partial charge in [-0.05, 0) is 67.8 Å². The SMILES string of the molecule is Cc1cccc(N2CCN(C(=O)COc3ccc(S(=O)(=O)N[C@H](C)c4ccccc4)cc3)CC2)c1C. The van der Waals surface area contributed by atoms with Gasteiger partial charge in [0.2, 0.25) is 10.0 Å². The second-order valence-electron chi connectivity index (χ2n) is 9.10. The second-order valence-corrected chi connectivity index (χ2v) is 10.8. The minimum Gasteiger partial charge on any atom is -0.484 e. The Hall–Kier alpha value is -3.36. The average Bonchev–Trinajstić information content (AvgIpc) is 2.89. The molecular formula is C28H33N3O4S. The fourth-order valence-electron chi connectivity index (χ4n) is 4.34. The van der Waals surface area contributed by atoms with Crippen LogP contribution in [0.4, 0.5) is 5.69 Å². The lowest BCUT2D eigenvalue weighted by atomic mass is 10.1. The van der Waals surface area contributed by atoms with Crippen molar-refractivity contribution in [2.75, 3.05) is 37.7 Å². The third kappa shape index (κ3) is 6.06. The van der Waals surface area contributed by atoms with Crippen LogP contribution in [0.25, 0.3) is 0 Å². The number of anilines is 1. The molecule has 1 aliphatic heterocycles. The first kappa shape index (κ1) is 25.7. The van der Waals surface area contributed by atoms with E-state index in [4.69, 9.17) is 4.74 Å². The van der Waals surface area contributed by atoms with Gasteiger partial charge in [-0.15, -0.1) is 0 Å². The lowest BCUT2D eigenvalue weighted by Crippen LogP contribution is -2.50. The second kappa shape index (κ2) is 11.1. The monoisotopic (exact) mass is 507 g/mol. The largest absolute Gasteiger partial charge is 0.484 e. The summed E-state index contributed by atoms with van der Waals surface area (Å²) in [5.74, 6) is 0.373. The number of rotatable bonds is 8. The van der Waals surface area contributed by atoms with Gasteiger partial charge in [-0.3, -0.25) is 4.79 Å². The van der Waals surface area contributed by atoms with Gasteiger partial charge in [-0.25, -0.2) is 13.1 Å². The van der Waals surface area contributed by atoms with E-state index in [-0.39, 0.29) is 23.5 Å². The van der Waals surface area contributed by atoms with E-state index in [1.54, 1.807) is 19.1 Å². The molecule has 0 aromatic heterocycles. The number of carbonyl (C=O) groups excluding carboxylic acids is 1. The van der Waals surface area contributed by atoms with E-state index in [1.807, 2.05) is 35.2 Å². The highest BCUT2D eigenvalue weighted by molar-refractivity contribution is 7.89. The molecule has 0 spiro atoms. The molecule has 1 amide bonds. The zero-order chi connectivity index (χ0) is 25.7. The average molecular weight is 508 g/mol. The van der Waals surface area contributed by atoms with Crippen LogP contribution in [0, 0.1) is 13.8 Å². The van der Waals surface area contributed by atoms with Crippen LogP contribution < -0.4 is 14.4 Å². The number of sulfonamides is 1. The molecule has 1 atom stereocenters. The fourth-order valence-corrected chi connectivity index (χ4v) is 5.57. The van der Waals surface area contributed by atoms with Crippen molar-refractivity contribution in [3.05, 3.63) is 89.5 Å². The summed E-state index contributed by atoms with van der Waals surface area (Å²) in [7, 11) is -3.69. The number of amides is 1. The third-order valence-electron chi connectivity index (χ3n) is 6.68. The van der Waals surface area contributed by atoms with Crippen LogP contribution in [0.5, 0.6) is 5.75 Å². The number of piperazine rings is 1. The number of ether oxygens (including phenoxy) is 1. The quantitative estimate of drug-likeness (QED) is 0.497. The Balaban J connectivity index is 1.28. The first-order chi connectivity index (χ1) is 17.2. The van der Waals surface area contributed by atoms with Gasteiger partial charge in [0, 0.05) is 37.9 Å². The van der Waals surface area contributed by atoms with Crippen LogP contribution in [-0.2, 0) is 14.8 Å². The van der Waals surface area contributed by atoms with Crippen molar-refractivity contribution in [3.8, 4) is 5.75 Å². The van der Waals surface area contributed by atoms with E-state index in [9.17, 15) is 13.2 Å². The van der Waals surface area contributed by atoms with E-state index >= 15 is 0 Å². The lowest BCUT2D eigenvalue weighted by molar-refractivity contribution is -0.133. The molecule has 3 aromatic rings. The highest BCUT2D eigenvalue weighted by atomic mass is 32.2. The maximum absolute atomic E-state index is 12.8. The van der Waals surface area contributed by atoms with Crippen LogP contribution in [0.3, 0.4) is 0 Å². The molecule has 36 heavy (non-hydrogen) atoms. The number of hydrogen-bond acceptors (Lipinski definition) is 5. The summed E-state index contributed by atoms with van der Waals surface area (Å²) >= 11 is 0. The van der Waals surface area contributed by atoms with Crippen molar-refractivity contribution in [1.29, 1.82) is 0 Å². The molecule has 1 heterocycles. The van der Waals surface area contributed by atoms with Gasteiger partial charge in [0.25, 0.3) is 5.91 Å². The molecule has 1 fully saturated rings. The van der Waals surface area contributed by atoms with Gasteiger partial charge in [0.1, 0.15) is 5.75 Å². The fraction of sp³-hybridized carbons (Fsp3) is 0.321. The predicted molar refractivity (Wildman–Crippen MR) is 142 cm³/mol. The van der Waals surface area contributed by atoms with Crippen LogP contribution in [-0.4, -0.2) is 52.0 Å². The Labute approximate surface area is 213 Å². The molecule has 1 saturated heterocycles. The van der Waals surface area contributed by atoms with Gasteiger partial charge >= 0.3 is 0 Å². The molecule has 8 heteroatoms. The first-order valence-electron chi connectivity index (χ1n) is 12.1. The molecule has 190 valence electrons. The minimum atomic E-state index is -3.69. The Bertz CT molecular complexity index is 1290. The normalized spacial score (nSPS) is 15.0. The smallest absolute Gasteiger partial charge is 0.260 e. The number of hydrogen-bond donors (Lipinski definition) is 1. The highest BCUT2D eigenvalue weighted by Crippen LogP contribution is 2.24. The maximum atomic E-state index is 12.8.